The highest BCUT2D eigenvalue weighted by atomic mass is 19.1. The molecule has 0 saturated heterocycles. The predicted molar refractivity (Wildman–Crippen MR) is 89.4 cm³/mol. The molecule has 25 heavy (non-hydrogen) atoms. The van der Waals surface area contributed by atoms with E-state index in [1.54, 1.807) is 41.3 Å². The Morgan fingerprint density at radius 3 is 2.40 bits per heavy atom. The monoisotopic (exact) mass is 340 g/mol. The average Bonchev–Trinajstić information content (AvgIpc) is 2.54. The molecule has 0 bridgehead atoms. The number of nitrogens with zero attached hydrogens (tertiary/aromatic N) is 2. The molecule has 0 fully saturated rings. The fraction of sp³-hybridized carbons (Fsp3) is 0.167. The highest BCUT2D eigenvalue weighted by Gasteiger charge is 2.14. The van der Waals surface area contributed by atoms with Crippen molar-refractivity contribution < 1.29 is 14.0 Å². The van der Waals surface area contributed by atoms with Crippen molar-refractivity contribution in [3.63, 3.8) is 0 Å². The van der Waals surface area contributed by atoms with Gasteiger partial charge in [0, 0.05) is 13.1 Å². The summed E-state index contributed by atoms with van der Waals surface area (Å²) in [5.74, 6) is -0.907. The summed E-state index contributed by atoms with van der Waals surface area (Å²) in [6.07, 6.45) is 0. The number of carbonyl (C=O) groups excluding carboxylic acids is 2. The van der Waals surface area contributed by atoms with E-state index >= 15 is 0 Å². The van der Waals surface area contributed by atoms with Crippen LogP contribution in [0, 0.1) is 17.1 Å². The maximum absolute atomic E-state index is 13.4. The Morgan fingerprint density at radius 2 is 1.80 bits per heavy atom. The van der Waals surface area contributed by atoms with E-state index in [4.69, 9.17) is 11.0 Å². The van der Waals surface area contributed by atoms with Crippen molar-refractivity contribution in [2.45, 2.75) is 13.1 Å². The number of hydrogen-bond acceptors (Lipinski definition) is 4. The molecule has 0 aliphatic rings. The minimum atomic E-state index is -0.922. The molecule has 3 amide bonds. The zero-order valence-electron chi connectivity index (χ0n) is 13.4. The highest BCUT2D eigenvalue weighted by molar-refractivity contribution is 5.94. The van der Waals surface area contributed by atoms with Crippen LogP contribution >= 0.6 is 0 Å². The number of imide groups is 1. The van der Waals surface area contributed by atoms with Crippen LogP contribution in [-0.4, -0.2) is 23.4 Å². The van der Waals surface area contributed by atoms with Gasteiger partial charge in [0.2, 0.25) is 5.91 Å². The summed E-state index contributed by atoms with van der Waals surface area (Å²) in [5.41, 5.74) is 7.06. The fourth-order valence-electron chi connectivity index (χ4n) is 2.38. The summed E-state index contributed by atoms with van der Waals surface area (Å²) in [4.78, 5) is 24.4. The lowest BCUT2D eigenvalue weighted by Gasteiger charge is -2.22. The average molecular weight is 340 g/mol. The van der Waals surface area contributed by atoms with E-state index in [9.17, 15) is 14.0 Å². The lowest BCUT2D eigenvalue weighted by Crippen LogP contribution is -2.41. The molecular weight excluding hydrogens is 323 g/mol. The zero-order chi connectivity index (χ0) is 18.2. The molecule has 0 heterocycles. The van der Waals surface area contributed by atoms with Crippen LogP contribution in [0.25, 0.3) is 0 Å². The molecule has 7 heteroatoms. The number of amides is 3. The molecule has 0 radical (unpaired) electrons. The van der Waals surface area contributed by atoms with Crippen LogP contribution in [0.3, 0.4) is 0 Å². The topological polar surface area (TPSA) is 99.2 Å². The summed E-state index contributed by atoms with van der Waals surface area (Å²) in [6.45, 7) is 0.609. The number of nitriles is 1. The molecule has 2 aromatic rings. The molecule has 3 N–H and O–H groups in total. The van der Waals surface area contributed by atoms with E-state index in [1.165, 1.54) is 12.1 Å². The van der Waals surface area contributed by atoms with Crippen molar-refractivity contribution in [3.8, 4) is 6.07 Å². The van der Waals surface area contributed by atoms with Gasteiger partial charge in [0.15, 0.2) is 0 Å². The predicted octanol–water partition coefficient (Wildman–Crippen LogP) is 1.89. The van der Waals surface area contributed by atoms with Gasteiger partial charge < -0.3 is 5.73 Å². The summed E-state index contributed by atoms with van der Waals surface area (Å²) < 4.78 is 13.4. The van der Waals surface area contributed by atoms with Gasteiger partial charge in [0.25, 0.3) is 0 Å². The van der Waals surface area contributed by atoms with Crippen molar-refractivity contribution >= 4 is 11.9 Å². The number of nitrogens with one attached hydrogen (secondary N) is 1. The molecular formula is C18H17FN4O2. The van der Waals surface area contributed by atoms with E-state index in [2.05, 4.69) is 0 Å². The van der Waals surface area contributed by atoms with E-state index in [1.807, 2.05) is 11.4 Å². The molecule has 0 spiro atoms. The summed E-state index contributed by atoms with van der Waals surface area (Å²) in [5, 5.41) is 10.9. The molecule has 128 valence electrons. The second-order valence-corrected chi connectivity index (χ2v) is 5.50. The maximum Gasteiger partial charge on any atom is 0.318 e. The second-order valence-electron chi connectivity index (χ2n) is 5.50. The van der Waals surface area contributed by atoms with Crippen LogP contribution in [0.2, 0.25) is 0 Å². The van der Waals surface area contributed by atoms with Gasteiger partial charge in [-0.15, -0.1) is 0 Å². The van der Waals surface area contributed by atoms with Gasteiger partial charge in [-0.25, -0.2) is 9.18 Å². The van der Waals surface area contributed by atoms with Gasteiger partial charge in [-0.1, -0.05) is 24.3 Å². The molecule has 2 aromatic carbocycles. The first-order valence-corrected chi connectivity index (χ1v) is 7.51. The summed E-state index contributed by atoms with van der Waals surface area (Å²) >= 11 is 0. The van der Waals surface area contributed by atoms with E-state index in [0.717, 1.165) is 5.56 Å². The Labute approximate surface area is 144 Å². The third-order valence-electron chi connectivity index (χ3n) is 3.41. The van der Waals surface area contributed by atoms with Crippen molar-refractivity contribution in [2.24, 2.45) is 5.73 Å². The number of benzene rings is 2. The molecule has 0 aliphatic carbocycles. The van der Waals surface area contributed by atoms with E-state index in [-0.39, 0.29) is 12.4 Å². The minimum Gasteiger partial charge on any atom is -0.351 e. The maximum atomic E-state index is 13.4. The van der Waals surface area contributed by atoms with Crippen molar-refractivity contribution in [1.29, 1.82) is 5.26 Å². The largest absolute Gasteiger partial charge is 0.351 e. The first-order valence-electron chi connectivity index (χ1n) is 7.51. The number of carbonyl (C=O) groups is 2. The number of primary amides is 1. The molecule has 0 atom stereocenters. The molecule has 6 nitrogen and oxygen atoms in total. The fourth-order valence-corrected chi connectivity index (χ4v) is 2.38. The van der Waals surface area contributed by atoms with Crippen LogP contribution in [-0.2, 0) is 17.9 Å². The standard InChI is InChI=1S/C18H17FN4O2/c19-16-3-1-2-15(8-16)11-23(12-17(24)22-18(21)25)10-14-6-4-13(9-20)5-7-14/h1-8H,10-12H2,(H3,21,22,24,25). The molecule has 0 aliphatic heterocycles. The van der Waals surface area contributed by atoms with Gasteiger partial charge in [-0.2, -0.15) is 5.26 Å². The van der Waals surface area contributed by atoms with Gasteiger partial charge >= 0.3 is 6.03 Å². The molecule has 0 aromatic heterocycles. The minimum absolute atomic E-state index is 0.0839. The quantitative estimate of drug-likeness (QED) is 0.839. The lowest BCUT2D eigenvalue weighted by atomic mass is 10.1. The second kappa shape index (κ2) is 8.57. The number of urea groups is 1. The van der Waals surface area contributed by atoms with E-state index < -0.39 is 11.9 Å². The lowest BCUT2D eigenvalue weighted by molar-refractivity contribution is -0.121. The molecule has 0 saturated carbocycles. The number of nitrogens with two attached hydrogens (primary N) is 1. The molecule has 0 unspecified atom stereocenters. The smallest absolute Gasteiger partial charge is 0.318 e. The van der Waals surface area contributed by atoms with Gasteiger partial charge in [0.1, 0.15) is 5.82 Å². The van der Waals surface area contributed by atoms with Crippen LogP contribution in [0.5, 0.6) is 0 Å². The van der Waals surface area contributed by atoms with Crippen molar-refractivity contribution in [1.82, 2.24) is 10.2 Å². The van der Waals surface area contributed by atoms with Crippen LogP contribution in [0.15, 0.2) is 48.5 Å². The number of rotatable bonds is 6. The van der Waals surface area contributed by atoms with Gasteiger partial charge in [-0.05, 0) is 35.4 Å². The first-order chi connectivity index (χ1) is 12.0. The molecule has 2 rings (SSSR count). The zero-order valence-corrected chi connectivity index (χ0v) is 13.4. The van der Waals surface area contributed by atoms with Crippen molar-refractivity contribution in [2.75, 3.05) is 6.54 Å². The number of hydrogen-bond donors (Lipinski definition) is 2. The third kappa shape index (κ3) is 6.05. The van der Waals surface area contributed by atoms with Crippen molar-refractivity contribution in [3.05, 3.63) is 71.0 Å². The van der Waals surface area contributed by atoms with Crippen LogP contribution in [0.1, 0.15) is 16.7 Å². The SMILES string of the molecule is N#Cc1ccc(CN(CC(=O)NC(N)=O)Cc2cccc(F)c2)cc1. The normalized spacial score (nSPS) is 10.3. The number of halogens is 1. The van der Waals surface area contributed by atoms with Crippen LogP contribution in [0.4, 0.5) is 9.18 Å². The Hall–Kier alpha value is -3.24. The first kappa shape index (κ1) is 18.1. The van der Waals surface area contributed by atoms with Crippen LogP contribution < -0.4 is 11.1 Å². The van der Waals surface area contributed by atoms with Gasteiger partial charge in [0.05, 0.1) is 18.2 Å². The summed E-state index contributed by atoms with van der Waals surface area (Å²) in [6, 6.07) is 14.1. The highest BCUT2D eigenvalue weighted by Crippen LogP contribution is 2.12. The Bertz CT molecular complexity index is 799. The Morgan fingerprint density at radius 1 is 1.12 bits per heavy atom. The van der Waals surface area contributed by atoms with Gasteiger partial charge in [-0.3, -0.25) is 15.0 Å². The third-order valence-corrected chi connectivity index (χ3v) is 3.41. The Kier molecular flexibility index (Phi) is 6.20. The van der Waals surface area contributed by atoms with E-state index in [0.29, 0.717) is 24.2 Å². The Balaban J connectivity index is 2.13. The summed E-state index contributed by atoms with van der Waals surface area (Å²) in [7, 11) is 0.